The van der Waals surface area contributed by atoms with Crippen molar-refractivity contribution in [1.29, 1.82) is 0 Å². The van der Waals surface area contributed by atoms with Gasteiger partial charge in [0.1, 0.15) is 18.3 Å². The van der Waals surface area contributed by atoms with Gasteiger partial charge >= 0.3 is 8.25 Å². The monoisotopic (exact) mass is 326 g/mol. The molecule has 1 saturated heterocycles. The molecule has 0 aliphatic carbocycles. The Morgan fingerprint density at radius 2 is 1.85 bits per heavy atom. The van der Waals surface area contributed by atoms with Crippen LogP contribution in [-0.4, -0.2) is 49.3 Å². The molecule has 1 aliphatic rings. The maximum Gasteiger partial charge on any atom is 0.317 e. The molecule has 120 valence electrons. The smallest absolute Gasteiger partial charge is 0.317 e. The molecule has 1 fully saturated rings. The first-order valence-electron chi connectivity index (χ1n) is 6.83. The zero-order chi connectivity index (χ0) is 15.7. The summed E-state index contributed by atoms with van der Waals surface area (Å²) in [6.45, 7) is 12.1. The molecule has 0 spiro atoms. The van der Waals surface area contributed by atoms with E-state index < -0.39 is 34.9 Å². The first-order chi connectivity index (χ1) is 8.99. The van der Waals surface area contributed by atoms with Gasteiger partial charge in [0.15, 0.2) is 8.32 Å². The van der Waals surface area contributed by atoms with Crippen LogP contribution < -0.4 is 0 Å². The van der Waals surface area contributed by atoms with Gasteiger partial charge in [-0.25, -0.2) is 0 Å². The van der Waals surface area contributed by atoms with Crippen LogP contribution in [0.2, 0.25) is 18.1 Å². The Bertz CT molecular complexity index is 356. The SMILES string of the molecule is C[C@@H]1O[C@H](CO)C(O[PH](=O)O)[C@@H]1O[Si](C)(C)C(C)(C)C. The molecule has 1 aliphatic heterocycles. The Balaban J connectivity index is 2.92. The lowest BCUT2D eigenvalue weighted by atomic mass is 10.1. The molecule has 0 radical (unpaired) electrons. The molecule has 2 N–H and O–H groups in total. The molecule has 0 saturated carbocycles. The van der Waals surface area contributed by atoms with Crippen molar-refractivity contribution in [2.75, 3.05) is 6.61 Å². The summed E-state index contributed by atoms with van der Waals surface area (Å²) in [5.41, 5.74) is 0. The quantitative estimate of drug-likeness (QED) is 0.593. The highest BCUT2D eigenvalue weighted by molar-refractivity contribution is 7.32. The highest BCUT2D eigenvalue weighted by Crippen LogP contribution is 2.41. The molecule has 0 aromatic carbocycles. The van der Waals surface area contributed by atoms with Crippen molar-refractivity contribution < 1.29 is 28.3 Å². The second kappa shape index (κ2) is 6.56. The van der Waals surface area contributed by atoms with Crippen LogP contribution in [0.15, 0.2) is 0 Å². The molecule has 5 atom stereocenters. The molecule has 0 bridgehead atoms. The van der Waals surface area contributed by atoms with E-state index in [2.05, 4.69) is 33.9 Å². The maximum atomic E-state index is 11.0. The fourth-order valence-electron chi connectivity index (χ4n) is 2.00. The summed E-state index contributed by atoms with van der Waals surface area (Å²) >= 11 is 0. The summed E-state index contributed by atoms with van der Waals surface area (Å²) in [5.74, 6) is 0. The minimum Gasteiger partial charge on any atom is -0.409 e. The van der Waals surface area contributed by atoms with Gasteiger partial charge in [0.05, 0.1) is 12.7 Å². The maximum absolute atomic E-state index is 11.0. The molecule has 6 nitrogen and oxygen atoms in total. The average Bonchev–Trinajstić information content (AvgIpc) is 2.54. The Hall–Kier alpha value is 0.247. The third kappa shape index (κ3) is 4.13. The molecular weight excluding hydrogens is 299 g/mol. The predicted octanol–water partition coefficient (Wildman–Crippen LogP) is 1.92. The zero-order valence-electron chi connectivity index (χ0n) is 13.0. The van der Waals surface area contributed by atoms with Crippen molar-refractivity contribution in [2.45, 2.75) is 70.2 Å². The lowest BCUT2D eigenvalue weighted by molar-refractivity contribution is -0.0115. The molecule has 2 unspecified atom stereocenters. The van der Waals surface area contributed by atoms with E-state index in [-0.39, 0.29) is 17.7 Å². The normalized spacial score (nSPS) is 33.4. The zero-order valence-corrected chi connectivity index (χ0v) is 15.0. The van der Waals surface area contributed by atoms with Crippen LogP contribution in [0.25, 0.3) is 0 Å². The van der Waals surface area contributed by atoms with Gasteiger partial charge in [0.25, 0.3) is 0 Å². The molecule has 8 heteroatoms. The van der Waals surface area contributed by atoms with Crippen LogP contribution >= 0.6 is 8.25 Å². The second-order valence-corrected chi connectivity index (χ2v) is 12.3. The van der Waals surface area contributed by atoms with Gasteiger partial charge in [-0.15, -0.1) is 0 Å². The lowest BCUT2D eigenvalue weighted by Crippen LogP contribution is -2.49. The van der Waals surface area contributed by atoms with Crippen molar-refractivity contribution >= 4 is 16.6 Å². The van der Waals surface area contributed by atoms with E-state index in [4.69, 9.17) is 18.6 Å². The summed E-state index contributed by atoms with van der Waals surface area (Å²) in [6.07, 6.45) is -2.05. The highest BCUT2D eigenvalue weighted by Gasteiger charge is 2.49. The van der Waals surface area contributed by atoms with Crippen molar-refractivity contribution in [3.05, 3.63) is 0 Å². The number of ether oxygens (including phenoxy) is 1. The van der Waals surface area contributed by atoms with E-state index in [0.717, 1.165) is 0 Å². The molecule has 0 amide bonds. The molecule has 20 heavy (non-hydrogen) atoms. The van der Waals surface area contributed by atoms with Crippen LogP contribution in [0.3, 0.4) is 0 Å². The largest absolute Gasteiger partial charge is 0.409 e. The second-order valence-electron chi connectivity index (χ2n) is 6.75. The Kier molecular flexibility index (Phi) is 6.00. The highest BCUT2D eigenvalue weighted by atomic mass is 31.1. The first-order valence-corrected chi connectivity index (χ1v) is 11.0. The molecule has 0 aromatic rings. The number of hydrogen-bond donors (Lipinski definition) is 2. The Labute approximate surface area is 122 Å². The topological polar surface area (TPSA) is 85.2 Å². The van der Waals surface area contributed by atoms with Crippen molar-refractivity contribution in [3.63, 3.8) is 0 Å². The van der Waals surface area contributed by atoms with Crippen LogP contribution in [0.1, 0.15) is 27.7 Å². The number of hydrogen-bond acceptors (Lipinski definition) is 5. The predicted molar refractivity (Wildman–Crippen MR) is 79.6 cm³/mol. The van der Waals surface area contributed by atoms with Crippen molar-refractivity contribution in [1.82, 2.24) is 0 Å². The number of rotatable bonds is 5. The van der Waals surface area contributed by atoms with Crippen LogP contribution in [0.5, 0.6) is 0 Å². The third-order valence-corrected chi connectivity index (χ3v) is 9.14. The Morgan fingerprint density at radius 3 is 2.25 bits per heavy atom. The molecule has 1 heterocycles. The summed E-state index contributed by atoms with van der Waals surface area (Å²) in [5, 5.41) is 9.33. The molecular formula is C12H27O6PSi. The van der Waals surface area contributed by atoms with Gasteiger partial charge in [-0.2, -0.15) is 0 Å². The first kappa shape index (κ1) is 18.3. The van der Waals surface area contributed by atoms with Gasteiger partial charge in [-0.1, -0.05) is 20.8 Å². The van der Waals surface area contributed by atoms with E-state index in [0.29, 0.717) is 0 Å². The fourth-order valence-corrected chi connectivity index (χ4v) is 3.87. The molecule has 0 aromatic heterocycles. The van der Waals surface area contributed by atoms with Gasteiger partial charge in [-0.3, -0.25) is 4.57 Å². The van der Waals surface area contributed by atoms with Crippen LogP contribution in [-0.2, 0) is 18.3 Å². The van der Waals surface area contributed by atoms with E-state index in [1.165, 1.54) is 0 Å². The number of aliphatic hydroxyl groups is 1. The summed E-state index contributed by atoms with van der Waals surface area (Å²) in [6, 6.07) is 0. The van der Waals surface area contributed by atoms with Gasteiger partial charge < -0.3 is 23.7 Å². The van der Waals surface area contributed by atoms with Gasteiger partial charge in [0.2, 0.25) is 0 Å². The Morgan fingerprint density at radius 1 is 1.30 bits per heavy atom. The molecule has 1 rings (SSSR count). The fraction of sp³-hybridized carbons (Fsp3) is 1.00. The van der Waals surface area contributed by atoms with Crippen molar-refractivity contribution in [2.24, 2.45) is 0 Å². The van der Waals surface area contributed by atoms with E-state index in [1.807, 2.05) is 6.92 Å². The van der Waals surface area contributed by atoms with Crippen LogP contribution in [0.4, 0.5) is 0 Å². The van der Waals surface area contributed by atoms with Gasteiger partial charge in [0, 0.05) is 0 Å². The third-order valence-electron chi connectivity index (χ3n) is 4.20. The minimum atomic E-state index is -3.11. The van der Waals surface area contributed by atoms with Gasteiger partial charge in [-0.05, 0) is 25.1 Å². The summed E-state index contributed by atoms with van der Waals surface area (Å²) < 4.78 is 27.9. The van der Waals surface area contributed by atoms with E-state index in [1.54, 1.807) is 0 Å². The lowest BCUT2D eigenvalue weighted by Gasteiger charge is -2.40. The van der Waals surface area contributed by atoms with E-state index in [9.17, 15) is 9.67 Å². The average molecular weight is 326 g/mol. The van der Waals surface area contributed by atoms with E-state index >= 15 is 0 Å². The number of aliphatic hydroxyl groups excluding tert-OH is 1. The van der Waals surface area contributed by atoms with Crippen molar-refractivity contribution in [3.8, 4) is 0 Å². The minimum absolute atomic E-state index is 0.0129. The van der Waals surface area contributed by atoms with Crippen LogP contribution in [0, 0.1) is 0 Å². The standard InChI is InChI=1S/C12H27O6PSi/c1-8-10(18-20(5,6)12(2,3)4)11(17-19(14)15)9(7-13)16-8/h8-11,13,19H,7H2,1-6H3,(H,14,15)/t8-,9+,10+,11?/m0/s1. The summed E-state index contributed by atoms with van der Waals surface area (Å²) in [7, 11) is -5.17. The summed E-state index contributed by atoms with van der Waals surface area (Å²) in [4.78, 5) is 9.03.